The minimum absolute atomic E-state index is 0.0133. The highest BCUT2D eigenvalue weighted by Crippen LogP contribution is 2.21. The molecule has 0 bridgehead atoms. The number of carboxylic acid groups (broad SMARTS) is 1. The summed E-state index contributed by atoms with van der Waals surface area (Å²) in [5.41, 5.74) is 2.44. The van der Waals surface area contributed by atoms with Crippen molar-refractivity contribution in [1.29, 1.82) is 0 Å². The highest BCUT2D eigenvalue weighted by Gasteiger charge is 2.22. The fourth-order valence-electron chi connectivity index (χ4n) is 2.17. The maximum atomic E-state index is 11.6. The molecule has 0 radical (unpaired) electrons. The van der Waals surface area contributed by atoms with E-state index in [0.29, 0.717) is 0 Å². The summed E-state index contributed by atoms with van der Waals surface area (Å²) >= 11 is 0. The van der Waals surface area contributed by atoms with Crippen LogP contribution in [0.4, 0.5) is 4.79 Å². The molecule has 1 aromatic carbocycles. The Hall–Kier alpha value is -2.08. The van der Waals surface area contributed by atoms with Crippen molar-refractivity contribution in [2.24, 2.45) is 0 Å². The van der Waals surface area contributed by atoms with Crippen LogP contribution in [0.15, 0.2) is 24.3 Å². The number of carboxylic acids is 1. The van der Waals surface area contributed by atoms with Crippen LogP contribution in [0.1, 0.15) is 11.1 Å². The quantitative estimate of drug-likeness (QED) is 0.610. The van der Waals surface area contributed by atoms with E-state index in [1.54, 1.807) is 0 Å². The van der Waals surface area contributed by atoms with E-state index in [-0.39, 0.29) is 12.6 Å². The van der Waals surface area contributed by atoms with Gasteiger partial charge < -0.3 is 20.8 Å². The van der Waals surface area contributed by atoms with Gasteiger partial charge in [0.1, 0.15) is 0 Å². The SMILES string of the molecule is O=C(NCC(O)C(=O)O)NC1Cc2ccccc2C1. The van der Waals surface area contributed by atoms with Gasteiger partial charge in [0.25, 0.3) is 0 Å². The predicted molar refractivity (Wildman–Crippen MR) is 67.8 cm³/mol. The van der Waals surface area contributed by atoms with Crippen molar-refractivity contribution in [2.75, 3.05) is 6.54 Å². The van der Waals surface area contributed by atoms with E-state index in [4.69, 9.17) is 10.2 Å². The molecular formula is C13H16N2O4. The molecule has 6 heteroatoms. The third-order valence-electron chi connectivity index (χ3n) is 3.13. The van der Waals surface area contributed by atoms with Gasteiger partial charge in [-0.1, -0.05) is 24.3 Å². The largest absolute Gasteiger partial charge is 0.479 e. The zero-order valence-electron chi connectivity index (χ0n) is 10.3. The molecule has 6 nitrogen and oxygen atoms in total. The standard InChI is InChI=1S/C13H16N2O4/c16-11(12(17)18)7-14-13(19)15-10-5-8-3-1-2-4-9(8)6-10/h1-4,10-11,16H,5-7H2,(H,17,18)(H2,14,15,19). The van der Waals surface area contributed by atoms with E-state index in [0.717, 1.165) is 12.8 Å². The molecule has 0 spiro atoms. The summed E-state index contributed by atoms with van der Waals surface area (Å²) in [5.74, 6) is -1.35. The predicted octanol–water partition coefficient (Wildman–Crippen LogP) is -0.101. The number of hydrogen-bond acceptors (Lipinski definition) is 3. The van der Waals surface area contributed by atoms with Crippen LogP contribution in [-0.4, -0.2) is 40.9 Å². The van der Waals surface area contributed by atoms with E-state index in [1.807, 2.05) is 24.3 Å². The molecule has 1 aliphatic rings. The minimum atomic E-state index is -1.58. The number of aliphatic hydroxyl groups is 1. The molecule has 0 heterocycles. The van der Waals surface area contributed by atoms with Gasteiger partial charge in [-0.05, 0) is 24.0 Å². The van der Waals surface area contributed by atoms with Gasteiger partial charge in [-0.3, -0.25) is 0 Å². The molecule has 0 saturated carbocycles. The van der Waals surface area contributed by atoms with Gasteiger partial charge in [0.15, 0.2) is 6.10 Å². The summed E-state index contributed by atoms with van der Waals surface area (Å²) < 4.78 is 0. The van der Waals surface area contributed by atoms with Crippen LogP contribution < -0.4 is 10.6 Å². The molecule has 1 aliphatic carbocycles. The van der Waals surface area contributed by atoms with Gasteiger partial charge in [-0.15, -0.1) is 0 Å². The van der Waals surface area contributed by atoms with Gasteiger partial charge in [0.05, 0.1) is 6.54 Å². The fraction of sp³-hybridized carbons (Fsp3) is 0.385. The Balaban J connectivity index is 1.78. The second-order valence-corrected chi connectivity index (χ2v) is 4.58. The van der Waals surface area contributed by atoms with Crippen LogP contribution in [0.3, 0.4) is 0 Å². The fourth-order valence-corrected chi connectivity index (χ4v) is 2.17. The molecule has 1 atom stereocenters. The van der Waals surface area contributed by atoms with Crippen molar-refractivity contribution < 1.29 is 19.8 Å². The Morgan fingerprint density at radius 3 is 2.37 bits per heavy atom. The van der Waals surface area contributed by atoms with Crippen LogP contribution in [0.2, 0.25) is 0 Å². The molecular weight excluding hydrogens is 248 g/mol. The lowest BCUT2D eigenvalue weighted by molar-refractivity contribution is -0.146. The lowest BCUT2D eigenvalue weighted by Crippen LogP contribution is -2.46. The number of hydrogen-bond donors (Lipinski definition) is 4. The number of fused-ring (bicyclic) bond motifs is 1. The minimum Gasteiger partial charge on any atom is -0.479 e. The number of carbonyl (C=O) groups excluding carboxylic acids is 1. The van der Waals surface area contributed by atoms with Gasteiger partial charge >= 0.3 is 12.0 Å². The van der Waals surface area contributed by atoms with Gasteiger partial charge in [-0.25, -0.2) is 9.59 Å². The van der Waals surface area contributed by atoms with E-state index >= 15 is 0 Å². The third kappa shape index (κ3) is 3.45. The topological polar surface area (TPSA) is 98.7 Å². The maximum Gasteiger partial charge on any atom is 0.334 e. The lowest BCUT2D eigenvalue weighted by atomic mass is 10.1. The summed E-state index contributed by atoms with van der Waals surface area (Å²) in [6.45, 7) is -0.305. The van der Waals surface area contributed by atoms with E-state index in [9.17, 15) is 9.59 Å². The van der Waals surface area contributed by atoms with E-state index < -0.39 is 18.1 Å². The zero-order valence-corrected chi connectivity index (χ0v) is 10.3. The van der Waals surface area contributed by atoms with Gasteiger partial charge in [-0.2, -0.15) is 0 Å². The van der Waals surface area contributed by atoms with Crippen molar-refractivity contribution in [3.8, 4) is 0 Å². The van der Waals surface area contributed by atoms with E-state index in [2.05, 4.69) is 10.6 Å². The molecule has 0 fully saturated rings. The molecule has 0 aromatic heterocycles. The summed E-state index contributed by atoms with van der Waals surface area (Å²) in [6.07, 6.45) is -0.0394. The number of aliphatic hydroxyl groups excluding tert-OH is 1. The Kier molecular flexibility index (Phi) is 4.01. The average molecular weight is 264 g/mol. The molecule has 2 rings (SSSR count). The smallest absolute Gasteiger partial charge is 0.334 e. The molecule has 0 saturated heterocycles. The first-order valence-electron chi connectivity index (χ1n) is 6.08. The molecule has 1 unspecified atom stereocenters. The number of benzene rings is 1. The second kappa shape index (κ2) is 5.71. The van der Waals surface area contributed by atoms with Crippen molar-refractivity contribution in [3.05, 3.63) is 35.4 Å². The molecule has 2 amide bonds. The van der Waals surface area contributed by atoms with Gasteiger partial charge in [0.2, 0.25) is 0 Å². The highest BCUT2D eigenvalue weighted by atomic mass is 16.4. The van der Waals surface area contributed by atoms with Crippen LogP contribution in [0.5, 0.6) is 0 Å². The Morgan fingerprint density at radius 1 is 1.26 bits per heavy atom. The first-order valence-corrected chi connectivity index (χ1v) is 6.08. The van der Waals surface area contributed by atoms with Crippen molar-refractivity contribution in [1.82, 2.24) is 10.6 Å². The van der Waals surface area contributed by atoms with Crippen LogP contribution >= 0.6 is 0 Å². The second-order valence-electron chi connectivity index (χ2n) is 4.58. The molecule has 0 aliphatic heterocycles. The van der Waals surface area contributed by atoms with Gasteiger partial charge in [0, 0.05) is 6.04 Å². The van der Waals surface area contributed by atoms with E-state index in [1.165, 1.54) is 11.1 Å². The maximum absolute atomic E-state index is 11.6. The number of urea groups is 1. The summed E-state index contributed by atoms with van der Waals surface area (Å²) in [6, 6.07) is 7.54. The normalized spacial score (nSPS) is 15.6. The summed E-state index contributed by atoms with van der Waals surface area (Å²) in [7, 11) is 0. The molecule has 4 N–H and O–H groups in total. The Labute approximate surface area is 110 Å². The number of amides is 2. The number of carbonyl (C=O) groups is 2. The molecule has 102 valence electrons. The highest BCUT2D eigenvalue weighted by molar-refractivity contribution is 5.77. The van der Waals surface area contributed by atoms with Crippen LogP contribution in [-0.2, 0) is 17.6 Å². The molecule has 1 aromatic rings. The first kappa shape index (κ1) is 13.4. The zero-order chi connectivity index (χ0) is 13.8. The van der Waals surface area contributed by atoms with Crippen LogP contribution in [0.25, 0.3) is 0 Å². The number of rotatable bonds is 4. The molecule has 19 heavy (non-hydrogen) atoms. The van der Waals surface area contributed by atoms with Crippen molar-refractivity contribution in [2.45, 2.75) is 25.0 Å². The Bertz CT molecular complexity index is 464. The van der Waals surface area contributed by atoms with Crippen molar-refractivity contribution >= 4 is 12.0 Å². The summed E-state index contributed by atoms with van der Waals surface area (Å²) in [4.78, 5) is 21.9. The van der Waals surface area contributed by atoms with Crippen LogP contribution in [0, 0.1) is 0 Å². The number of nitrogens with one attached hydrogen (secondary N) is 2. The average Bonchev–Trinajstić information content (AvgIpc) is 2.77. The monoisotopic (exact) mass is 264 g/mol. The Morgan fingerprint density at radius 2 is 1.84 bits per heavy atom. The summed E-state index contributed by atoms with van der Waals surface area (Å²) in [5, 5.41) is 22.6. The first-order chi connectivity index (χ1) is 9.06. The third-order valence-corrected chi connectivity index (χ3v) is 3.13. The number of aliphatic carboxylic acids is 1. The van der Waals surface area contributed by atoms with Crippen molar-refractivity contribution in [3.63, 3.8) is 0 Å². The lowest BCUT2D eigenvalue weighted by Gasteiger charge is -2.14.